The lowest BCUT2D eigenvalue weighted by atomic mass is 10.3. The highest BCUT2D eigenvalue weighted by Crippen LogP contribution is 2.19. The molecule has 0 unspecified atom stereocenters. The predicted molar refractivity (Wildman–Crippen MR) is 39.8 cm³/mol. The van der Waals surface area contributed by atoms with Crippen LogP contribution in [0.1, 0.15) is 13.3 Å². The Kier molecular flexibility index (Phi) is 4.55. The number of rotatable bonds is 4. The average Bonchev–Trinajstić information content (AvgIpc) is 1.80. The van der Waals surface area contributed by atoms with E-state index in [1.54, 1.807) is 14.0 Å². The molecule has 1 N–H and O–H groups in total. The van der Waals surface area contributed by atoms with Crippen LogP contribution >= 0.6 is 0 Å². The Bertz CT molecular complexity index is 124. The Morgan fingerprint density at radius 2 is 1.92 bits per heavy atom. The summed E-state index contributed by atoms with van der Waals surface area (Å²) < 4.78 is 35.0. The molecule has 0 saturated carbocycles. The van der Waals surface area contributed by atoms with Gasteiger partial charge in [0.15, 0.2) is 0 Å². The molecule has 0 heterocycles. The maximum absolute atomic E-state index is 11.7. The first-order chi connectivity index (χ1) is 5.31. The zero-order valence-corrected chi connectivity index (χ0v) is 7.23. The summed E-state index contributed by atoms with van der Waals surface area (Å²) in [5, 5.41) is 8.83. The van der Waals surface area contributed by atoms with Gasteiger partial charge in [-0.2, -0.15) is 13.2 Å². The van der Waals surface area contributed by atoms with E-state index in [4.69, 9.17) is 5.11 Å². The maximum atomic E-state index is 11.7. The summed E-state index contributed by atoms with van der Waals surface area (Å²) in [6.07, 6.45) is -5.51. The minimum absolute atomic E-state index is 0.0611. The lowest BCUT2D eigenvalue weighted by molar-refractivity contribution is -0.137. The summed E-state index contributed by atoms with van der Waals surface area (Å²) >= 11 is 0. The van der Waals surface area contributed by atoms with Crippen molar-refractivity contribution in [2.45, 2.75) is 25.6 Å². The van der Waals surface area contributed by atoms with Crippen LogP contribution in [0.2, 0.25) is 0 Å². The van der Waals surface area contributed by atoms with Crippen molar-refractivity contribution in [2.75, 3.05) is 20.1 Å². The van der Waals surface area contributed by atoms with Crippen LogP contribution in [0.3, 0.4) is 0 Å². The average molecular weight is 185 g/mol. The monoisotopic (exact) mass is 185 g/mol. The highest BCUT2D eigenvalue weighted by Gasteiger charge is 2.27. The summed E-state index contributed by atoms with van der Waals surface area (Å²) in [5.41, 5.74) is 0. The molecule has 12 heavy (non-hydrogen) atoms. The second-order valence-electron chi connectivity index (χ2n) is 2.98. The predicted octanol–water partition coefficient (Wildman–Crippen LogP) is 1.25. The molecule has 0 bridgehead atoms. The molecule has 0 rings (SSSR count). The first-order valence-electron chi connectivity index (χ1n) is 3.74. The number of aliphatic hydroxyl groups excluding tert-OH is 1. The number of halogens is 3. The molecular formula is C7H14F3NO. The van der Waals surface area contributed by atoms with Crippen molar-refractivity contribution in [3.05, 3.63) is 0 Å². The molecule has 2 nitrogen and oxygen atoms in total. The van der Waals surface area contributed by atoms with Gasteiger partial charge in [0.1, 0.15) is 0 Å². The second kappa shape index (κ2) is 4.67. The van der Waals surface area contributed by atoms with Crippen LogP contribution < -0.4 is 0 Å². The number of hydrogen-bond donors (Lipinski definition) is 1. The number of hydrogen-bond acceptors (Lipinski definition) is 2. The number of aliphatic hydroxyl groups is 1. The molecule has 5 heteroatoms. The summed E-state index contributed by atoms with van der Waals surface area (Å²) in [6.45, 7) is 1.76. The zero-order valence-electron chi connectivity index (χ0n) is 7.23. The quantitative estimate of drug-likeness (QED) is 0.712. The van der Waals surface area contributed by atoms with E-state index in [2.05, 4.69) is 0 Å². The Morgan fingerprint density at radius 3 is 2.25 bits per heavy atom. The standard InChI is InChI=1S/C7H14F3NO/c1-6(12)5-11(2)4-3-7(8,9)10/h6,12H,3-5H2,1-2H3/t6-/m0/s1. The van der Waals surface area contributed by atoms with Gasteiger partial charge in [-0.05, 0) is 14.0 Å². The van der Waals surface area contributed by atoms with E-state index in [-0.39, 0.29) is 13.1 Å². The van der Waals surface area contributed by atoms with E-state index < -0.39 is 18.7 Å². The van der Waals surface area contributed by atoms with Gasteiger partial charge < -0.3 is 10.0 Å². The molecule has 0 aromatic heterocycles. The molecule has 0 radical (unpaired) electrons. The van der Waals surface area contributed by atoms with Crippen molar-refractivity contribution in [3.63, 3.8) is 0 Å². The number of alkyl halides is 3. The fourth-order valence-corrected chi connectivity index (χ4v) is 0.860. The van der Waals surface area contributed by atoms with E-state index in [0.717, 1.165) is 0 Å². The molecule has 0 aromatic carbocycles. The highest BCUT2D eigenvalue weighted by molar-refractivity contribution is 4.59. The van der Waals surface area contributed by atoms with Gasteiger partial charge in [0.2, 0.25) is 0 Å². The first kappa shape index (κ1) is 11.7. The summed E-state index contributed by atoms with van der Waals surface area (Å²) in [7, 11) is 1.55. The van der Waals surface area contributed by atoms with Crippen molar-refractivity contribution >= 4 is 0 Å². The van der Waals surface area contributed by atoms with E-state index >= 15 is 0 Å². The Labute approximate surface area is 70.0 Å². The first-order valence-corrected chi connectivity index (χ1v) is 3.74. The topological polar surface area (TPSA) is 23.5 Å². The molecule has 0 aromatic rings. The van der Waals surface area contributed by atoms with E-state index in [9.17, 15) is 13.2 Å². The number of nitrogens with zero attached hydrogens (tertiary/aromatic N) is 1. The fraction of sp³-hybridized carbons (Fsp3) is 1.00. The molecule has 0 aliphatic carbocycles. The Hall–Kier alpha value is -0.290. The third kappa shape index (κ3) is 7.81. The maximum Gasteiger partial charge on any atom is 0.390 e. The van der Waals surface area contributed by atoms with Crippen molar-refractivity contribution in [1.82, 2.24) is 4.90 Å². The SMILES string of the molecule is C[C@H](O)CN(C)CCC(F)(F)F. The van der Waals surface area contributed by atoms with Gasteiger partial charge in [0.25, 0.3) is 0 Å². The summed E-state index contributed by atoms with van der Waals surface area (Å²) in [4.78, 5) is 1.46. The smallest absolute Gasteiger partial charge is 0.390 e. The van der Waals surface area contributed by atoms with Gasteiger partial charge >= 0.3 is 6.18 Å². The second-order valence-corrected chi connectivity index (χ2v) is 2.98. The lowest BCUT2D eigenvalue weighted by Gasteiger charge is -2.18. The molecule has 0 saturated heterocycles. The van der Waals surface area contributed by atoms with Crippen LogP contribution in [0.5, 0.6) is 0 Å². The minimum Gasteiger partial charge on any atom is -0.392 e. The molecule has 0 fully saturated rings. The van der Waals surface area contributed by atoms with Crippen LogP contribution in [0, 0.1) is 0 Å². The molecule has 1 atom stereocenters. The zero-order chi connectivity index (χ0) is 9.78. The Balaban J connectivity index is 3.51. The highest BCUT2D eigenvalue weighted by atomic mass is 19.4. The van der Waals surface area contributed by atoms with Crippen molar-refractivity contribution in [2.24, 2.45) is 0 Å². The van der Waals surface area contributed by atoms with E-state index in [1.807, 2.05) is 0 Å². The summed E-state index contributed by atoms with van der Waals surface area (Å²) in [5.74, 6) is 0. The third-order valence-electron chi connectivity index (χ3n) is 1.35. The van der Waals surface area contributed by atoms with Gasteiger partial charge in [0, 0.05) is 13.1 Å². The molecule has 0 amide bonds. The van der Waals surface area contributed by atoms with Gasteiger partial charge in [-0.15, -0.1) is 0 Å². The van der Waals surface area contributed by atoms with Crippen molar-refractivity contribution < 1.29 is 18.3 Å². The summed E-state index contributed by atoms with van der Waals surface area (Å²) in [6, 6.07) is 0. The molecule has 0 spiro atoms. The Morgan fingerprint density at radius 1 is 1.42 bits per heavy atom. The van der Waals surface area contributed by atoms with Crippen LogP contribution in [-0.4, -0.2) is 42.4 Å². The van der Waals surface area contributed by atoms with Crippen LogP contribution in [0.25, 0.3) is 0 Å². The lowest BCUT2D eigenvalue weighted by Crippen LogP contribution is -2.30. The van der Waals surface area contributed by atoms with Crippen molar-refractivity contribution in [1.29, 1.82) is 0 Å². The van der Waals surface area contributed by atoms with Crippen LogP contribution in [-0.2, 0) is 0 Å². The van der Waals surface area contributed by atoms with Gasteiger partial charge in [0.05, 0.1) is 12.5 Å². The molecule has 74 valence electrons. The fourth-order valence-electron chi connectivity index (χ4n) is 0.860. The van der Waals surface area contributed by atoms with Crippen LogP contribution in [0.4, 0.5) is 13.2 Å². The molecule has 0 aliphatic rings. The van der Waals surface area contributed by atoms with Gasteiger partial charge in [-0.3, -0.25) is 0 Å². The van der Waals surface area contributed by atoms with E-state index in [0.29, 0.717) is 0 Å². The van der Waals surface area contributed by atoms with E-state index in [1.165, 1.54) is 4.90 Å². The largest absolute Gasteiger partial charge is 0.392 e. The number of likely N-dealkylation sites (N-methyl/N-ethyl adjacent to an activating group) is 1. The van der Waals surface area contributed by atoms with Crippen LogP contribution in [0.15, 0.2) is 0 Å². The molecule has 0 aliphatic heterocycles. The van der Waals surface area contributed by atoms with Crippen molar-refractivity contribution in [3.8, 4) is 0 Å². The normalized spacial score (nSPS) is 15.2. The van der Waals surface area contributed by atoms with Gasteiger partial charge in [-0.1, -0.05) is 0 Å². The van der Waals surface area contributed by atoms with Gasteiger partial charge in [-0.25, -0.2) is 0 Å². The molecular weight excluding hydrogens is 171 g/mol. The minimum atomic E-state index is -4.10. The third-order valence-corrected chi connectivity index (χ3v) is 1.35.